The van der Waals surface area contributed by atoms with Crippen LogP contribution in [0.3, 0.4) is 0 Å². The maximum absolute atomic E-state index is 12.3. The molecule has 0 radical (unpaired) electrons. The fourth-order valence-electron chi connectivity index (χ4n) is 3.43. The third-order valence-electron chi connectivity index (χ3n) is 4.94. The Labute approximate surface area is 169 Å². The first kappa shape index (κ1) is 19.9. The Bertz CT molecular complexity index is 821. The van der Waals surface area contributed by atoms with Gasteiger partial charge in [-0.05, 0) is 59.1 Å². The number of hydrogen-bond donors (Lipinski definition) is 0. The van der Waals surface area contributed by atoms with Crippen molar-refractivity contribution in [1.29, 1.82) is 0 Å². The Morgan fingerprint density at radius 3 is 2.56 bits per heavy atom. The van der Waals surface area contributed by atoms with E-state index in [1.165, 1.54) is 5.69 Å². The van der Waals surface area contributed by atoms with Crippen LogP contribution in [0.15, 0.2) is 28.7 Å². The molecule has 0 N–H and O–H groups in total. The number of carbonyl (C=O) groups excluding carboxylic acids is 1. The van der Waals surface area contributed by atoms with Gasteiger partial charge in [0, 0.05) is 35.4 Å². The van der Waals surface area contributed by atoms with Crippen molar-refractivity contribution in [3.63, 3.8) is 0 Å². The van der Waals surface area contributed by atoms with Crippen LogP contribution >= 0.6 is 15.9 Å². The predicted octanol–water partition coefficient (Wildman–Crippen LogP) is 5.19. The molecule has 5 nitrogen and oxygen atoms in total. The lowest BCUT2D eigenvalue weighted by atomic mass is 10.1. The maximum atomic E-state index is 12.3. The number of amides is 1. The monoisotopic (exact) mass is 433 g/mol. The lowest BCUT2D eigenvalue weighted by Gasteiger charge is -2.24. The highest BCUT2D eigenvalue weighted by atomic mass is 79.9. The largest absolute Gasteiger partial charge is 0.444 e. The molecule has 2 aromatic rings. The average molecular weight is 434 g/mol. The third kappa shape index (κ3) is 4.72. The summed E-state index contributed by atoms with van der Waals surface area (Å²) in [5.41, 5.74) is 2.89. The van der Waals surface area contributed by atoms with Crippen LogP contribution in [0.25, 0.3) is 11.4 Å². The number of carbonyl (C=O) groups is 1. The number of benzene rings is 1. The van der Waals surface area contributed by atoms with E-state index in [1.807, 2.05) is 37.8 Å². The molecule has 1 unspecified atom stereocenters. The van der Waals surface area contributed by atoms with Gasteiger partial charge >= 0.3 is 6.09 Å². The Morgan fingerprint density at radius 1 is 1.26 bits per heavy atom. The number of likely N-dealkylation sites (tertiary alicyclic amines) is 1. The van der Waals surface area contributed by atoms with Gasteiger partial charge in [-0.25, -0.2) is 9.78 Å². The molecule has 1 saturated heterocycles. The quantitative estimate of drug-likeness (QED) is 0.668. The minimum atomic E-state index is -0.456. The number of ether oxygens (including phenoxy) is 1. The maximum Gasteiger partial charge on any atom is 0.410 e. The van der Waals surface area contributed by atoms with E-state index >= 15 is 0 Å². The van der Waals surface area contributed by atoms with Crippen LogP contribution in [0.2, 0.25) is 0 Å². The number of aryl methyl sites for hydroxylation is 1. The molecule has 27 heavy (non-hydrogen) atoms. The lowest BCUT2D eigenvalue weighted by Crippen LogP contribution is -2.35. The van der Waals surface area contributed by atoms with Crippen molar-refractivity contribution in [2.45, 2.75) is 53.2 Å². The molecule has 1 aromatic carbocycles. The topological polar surface area (TPSA) is 47.4 Å². The van der Waals surface area contributed by atoms with Gasteiger partial charge < -0.3 is 14.2 Å². The zero-order valence-electron chi connectivity index (χ0n) is 16.8. The fourth-order valence-corrected chi connectivity index (χ4v) is 3.69. The summed E-state index contributed by atoms with van der Waals surface area (Å²) in [4.78, 5) is 19.0. The van der Waals surface area contributed by atoms with E-state index in [0.717, 1.165) is 47.6 Å². The molecule has 1 aliphatic heterocycles. The van der Waals surface area contributed by atoms with Crippen LogP contribution in [0.1, 0.15) is 38.6 Å². The molecule has 6 heteroatoms. The zero-order valence-corrected chi connectivity index (χ0v) is 18.3. The molecule has 1 aromatic heterocycles. The summed E-state index contributed by atoms with van der Waals surface area (Å²) in [6.07, 6.45) is 0.770. The van der Waals surface area contributed by atoms with E-state index in [9.17, 15) is 4.79 Å². The Hall–Kier alpha value is -1.82. The van der Waals surface area contributed by atoms with Gasteiger partial charge in [-0.1, -0.05) is 28.1 Å². The van der Waals surface area contributed by atoms with Crippen molar-refractivity contribution in [2.75, 3.05) is 13.1 Å². The van der Waals surface area contributed by atoms with Gasteiger partial charge in [-0.2, -0.15) is 0 Å². The molecular weight excluding hydrogens is 406 g/mol. The zero-order chi connectivity index (χ0) is 19.8. The molecule has 146 valence electrons. The number of rotatable bonds is 3. The number of aromatic nitrogens is 2. The van der Waals surface area contributed by atoms with Gasteiger partial charge in [0.1, 0.15) is 11.4 Å². The summed E-state index contributed by atoms with van der Waals surface area (Å²) in [5, 5.41) is 0. The first-order valence-electron chi connectivity index (χ1n) is 9.41. The molecule has 2 heterocycles. The standard InChI is InChI=1S/C21H28BrN3O2/c1-14-15(2)25(19(23-14)17-6-8-18(22)9-7-17)13-16-10-11-24(12-16)20(26)27-21(3,4)5/h6-9,16H,10-13H2,1-5H3. The van der Waals surface area contributed by atoms with Crippen molar-refractivity contribution in [3.05, 3.63) is 40.1 Å². The molecule has 1 aliphatic rings. The highest BCUT2D eigenvalue weighted by molar-refractivity contribution is 9.10. The lowest BCUT2D eigenvalue weighted by molar-refractivity contribution is 0.0287. The van der Waals surface area contributed by atoms with E-state index in [1.54, 1.807) is 0 Å². The summed E-state index contributed by atoms with van der Waals surface area (Å²) in [5.74, 6) is 1.40. The van der Waals surface area contributed by atoms with Gasteiger partial charge in [-0.15, -0.1) is 0 Å². The molecule has 0 bridgehead atoms. The normalized spacial score (nSPS) is 17.4. The van der Waals surface area contributed by atoms with E-state index in [0.29, 0.717) is 5.92 Å². The Kier molecular flexibility index (Phi) is 5.65. The van der Waals surface area contributed by atoms with Crippen LogP contribution < -0.4 is 0 Å². The van der Waals surface area contributed by atoms with Crippen molar-refractivity contribution >= 4 is 22.0 Å². The van der Waals surface area contributed by atoms with Crippen molar-refractivity contribution in [2.24, 2.45) is 5.92 Å². The summed E-state index contributed by atoms with van der Waals surface area (Å²) in [7, 11) is 0. The Morgan fingerprint density at radius 2 is 1.93 bits per heavy atom. The van der Waals surface area contributed by atoms with Crippen molar-refractivity contribution in [3.8, 4) is 11.4 Å². The average Bonchev–Trinajstić information content (AvgIpc) is 3.15. The fraction of sp³-hybridized carbons (Fsp3) is 0.524. The van der Waals surface area contributed by atoms with Crippen molar-refractivity contribution < 1.29 is 9.53 Å². The van der Waals surface area contributed by atoms with Crippen LogP contribution in [-0.2, 0) is 11.3 Å². The predicted molar refractivity (Wildman–Crippen MR) is 111 cm³/mol. The van der Waals surface area contributed by atoms with E-state index < -0.39 is 5.60 Å². The number of halogens is 1. The van der Waals surface area contributed by atoms with Crippen molar-refractivity contribution in [1.82, 2.24) is 14.5 Å². The van der Waals surface area contributed by atoms with Gasteiger partial charge in [0.25, 0.3) is 0 Å². The first-order chi connectivity index (χ1) is 12.6. The third-order valence-corrected chi connectivity index (χ3v) is 5.47. The number of hydrogen-bond acceptors (Lipinski definition) is 3. The Balaban J connectivity index is 1.75. The number of imidazole rings is 1. The van der Waals surface area contributed by atoms with Gasteiger partial charge in [0.15, 0.2) is 0 Å². The molecule has 3 rings (SSSR count). The summed E-state index contributed by atoms with van der Waals surface area (Å²) >= 11 is 3.49. The van der Waals surface area contributed by atoms with Gasteiger partial charge in [0.2, 0.25) is 0 Å². The van der Waals surface area contributed by atoms with E-state index in [2.05, 4.69) is 46.5 Å². The van der Waals surface area contributed by atoms with Gasteiger partial charge in [-0.3, -0.25) is 0 Å². The van der Waals surface area contributed by atoms with E-state index in [-0.39, 0.29) is 6.09 Å². The second-order valence-corrected chi connectivity index (χ2v) is 9.22. The summed E-state index contributed by atoms with van der Waals surface area (Å²) in [6, 6.07) is 8.25. The molecule has 1 atom stereocenters. The van der Waals surface area contributed by atoms with Crippen LogP contribution in [-0.4, -0.2) is 39.2 Å². The SMILES string of the molecule is Cc1nc(-c2ccc(Br)cc2)n(CC2CCN(C(=O)OC(C)(C)C)C2)c1C. The van der Waals surface area contributed by atoms with Crippen LogP contribution in [0.4, 0.5) is 4.79 Å². The first-order valence-corrected chi connectivity index (χ1v) is 10.2. The van der Waals surface area contributed by atoms with Gasteiger partial charge in [0.05, 0.1) is 5.69 Å². The second-order valence-electron chi connectivity index (χ2n) is 8.30. The number of nitrogens with zero attached hydrogens (tertiary/aromatic N) is 3. The molecule has 0 spiro atoms. The molecule has 1 amide bonds. The molecule has 1 fully saturated rings. The highest BCUT2D eigenvalue weighted by Gasteiger charge is 2.30. The molecule has 0 aliphatic carbocycles. The van der Waals surface area contributed by atoms with Crippen LogP contribution in [0, 0.1) is 19.8 Å². The smallest absolute Gasteiger partial charge is 0.410 e. The van der Waals surface area contributed by atoms with E-state index in [4.69, 9.17) is 9.72 Å². The molecular formula is C21H28BrN3O2. The molecule has 0 saturated carbocycles. The summed E-state index contributed by atoms with van der Waals surface area (Å²) < 4.78 is 8.87. The van der Waals surface area contributed by atoms with Crippen LogP contribution in [0.5, 0.6) is 0 Å². The highest BCUT2D eigenvalue weighted by Crippen LogP contribution is 2.27. The minimum absolute atomic E-state index is 0.211. The summed E-state index contributed by atoms with van der Waals surface area (Å²) in [6.45, 7) is 12.2. The minimum Gasteiger partial charge on any atom is -0.444 e. The second kappa shape index (κ2) is 7.66.